The SMILES string of the molecule is Fc1cc(OC(F)(F)C2CCC(C3CCCCC3)CC2)cc(F)c1F.Fc1ccc(OC(F)(F)C2CCC(C3CCCCC3)CC2)cc1.Fc1ccc(OC(F)(F)C2CCC(C3CCCCC3)CC2)cc1F. The van der Waals surface area contributed by atoms with Crippen LogP contribution in [0.25, 0.3) is 0 Å². The van der Waals surface area contributed by atoms with E-state index < -0.39 is 76.7 Å². The van der Waals surface area contributed by atoms with Crippen molar-refractivity contribution in [3.8, 4) is 17.2 Å². The molecule has 3 aromatic carbocycles. The zero-order chi connectivity index (χ0) is 51.5. The highest BCUT2D eigenvalue weighted by atomic mass is 19.3. The molecule has 6 fully saturated rings. The van der Waals surface area contributed by atoms with E-state index in [9.17, 15) is 52.7 Å². The van der Waals surface area contributed by atoms with Crippen molar-refractivity contribution in [3.63, 3.8) is 0 Å². The Kier molecular flexibility index (Phi) is 19.9. The van der Waals surface area contributed by atoms with Crippen LogP contribution in [0.15, 0.2) is 54.6 Å². The Morgan fingerprint density at radius 1 is 0.292 bits per heavy atom. The molecular weight excluding hydrogens is 961 g/mol. The third kappa shape index (κ3) is 15.6. The van der Waals surface area contributed by atoms with E-state index in [1.165, 1.54) is 108 Å². The Hall–Kier alpha value is -3.78. The van der Waals surface area contributed by atoms with Crippen molar-refractivity contribution in [2.24, 2.45) is 53.3 Å². The molecule has 0 spiro atoms. The standard InChI is InChI=1S/C19H23F5O.C19H24F4O.C19H25F3O/c20-16-10-15(11-17(21)18(16)22)25-19(23,24)14-8-6-13(7-9-14)12-4-2-1-3-5-12;20-17-11-10-16(12-18(17)21)24-19(22,23)15-8-6-14(7-9-15)13-4-2-1-3-5-13;20-17-10-12-18(13-11-17)23-19(21,22)16-8-6-15(7-9-16)14-4-2-1-3-5-14/h10-14H,1-9H2;10-15H,1-9H2;10-16H,1-9H2. The van der Waals surface area contributed by atoms with Crippen LogP contribution < -0.4 is 14.2 Å². The number of halogens is 12. The second-order valence-electron chi connectivity index (χ2n) is 21.8. The topological polar surface area (TPSA) is 27.7 Å². The van der Waals surface area contributed by atoms with Gasteiger partial charge in [0, 0.05) is 18.2 Å². The van der Waals surface area contributed by atoms with Gasteiger partial charge in [0.15, 0.2) is 29.1 Å². The second-order valence-corrected chi connectivity index (χ2v) is 21.8. The normalized spacial score (nSPS) is 26.3. The van der Waals surface area contributed by atoms with E-state index in [0.29, 0.717) is 86.3 Å². The summed E-state index contributed by atoms with van der Waals surface area (Å²) in [6.45, 7) is 0. The van der Waals surface area contributed by atoms with Gasteiger partial charge in [-0.3, -0.25) is 0 Å². The Labute approximate surface area is 417 Å². The van der Waals surface area contributed by atoms with Crippen LogP contribution in [-0.2, 0) is 0 Å². The largest absolute Gasteiger partial charge is 0.432 e. The van der Waals surface area contributed by atoms with Crippen LogP contribution in [0.1, 0.15) is 173 Å². The maximum atomic E-state index is 14.4. The van der Waals surface area contributed by atoms with Crippen LogP contribution in [0.2, 0.25) is 0 Å². The third-order valence-corrected chi connectivity index (χ3v) is 17.1. The zero-order valence-corrected chi connectivity index (χ0v) is 41.2. The van der Waals surface area contributed by atoms with E-state index >= 15 is 0 Å². The summed E-state index contributed by atoms with van der Waals surface area (Å²) in [5.41, 5.74) is 0. The average molecular weight is 1030 g/mol. The summed E-state index contributed by atoms with van der Waals surface area (Å²) in [5.74, 6) is -7.25. The molecule has 0 amide bonds. The summed E-state index contributed by atoms with van der Waals surface area (Å²) >= 11 is 0. The van der Waals surface area contributed by atoms with Gasteiger partial charge in [-0.15, -0.1) is 0 Å². The summed E-state index contributed by atoms with van der Waals surface area (Å²) in [4.78, 5) is 0. The van der Waals surface area contributed by atoms with Gasteiger partial charge in [0.1, 0.15) is 23.1 Å². The zero-order valence-electron chi connectivity index (χ0n) is 41.2. The summed E-state index contributed by atoms with van der Waals surface area (Å²) in [5, 5.41) is 0. The molecule has 0 N–H and O–H groups in total. The van der Waals surface area contributed by atoms with Gasteiger partial charge in [0.25, 0.3) is 0 Å². The maximum absolute atomic E-state index is 14.4. The number of benzene rings is 3. The van der Waals surface area contributed by atoms with Crippen molar-refractivity contribution in [1.82, 2.24) is 0 Å². The molecule has 6 saturated carbocycles. The van der Waals surface area contributed by atoms with Gasteiger partial charge in [0.05, 0.1) is 17.8 Å². The molecule has 0 atom stereocenters. The smallest absolute Gasteiger partial charge is 0.400 e. The number of hydrogen-bond donors (Lipinski definition) is 0. The summed E-state index contributed by atoms with van der Waals surface area (Å²) < 4.78 is 178. The second kappa shape index (κ2) is 25.6. The molecule has 0 radical (unpaired) electrons. The van der Waals surface area contributed by atoms with Crippen LogP contribution >= 0.6 is 0 Å². The molecule has 15 heteroatoms. The Bertz CT molecular complexity index is 2070. The van der Waals surface area contributed by atoms with Crippen LogP contribution in [-0.4, -0.2) is 18.3 Å². The van der Waals surface area contributed by atoms with Gasteiger partial charge in [-0.25, -0.2) is 26.3 Å². The van der Waals surface area contributed by atoms with Gasteiger partial charge < -0.3 is 14.2 Å². The minimum absolute atomic E-state index is 0.0332. The number of rotatable bonds is 12. The molecule has 0 bridgehead atoms. The highest BCUT2D eigenvalue weighted by molar-refractivity contribution is 5.26. The molecule has 9 rings (SSSR count). The minimum atomic E-state index is -3.52. The van der Waals surface area contributed by atoms with E-state index in [1.54, 1.807) is 0 Å². The fourth-order valence-electron chi connectivity index (χ4n) is 13.0. The number of alkyl halides is 6. The monoisotopic (exact) mass is 1030 g/mol. The van der Waals surface area contributed by atoms with E-state index in [2.05, 4.69) is 4.74 Å². The minimum Gasteiger partial charge on any atom is -0.432 e. The fraction of sp³-hybridized carbons (Fsp3) is 0.684. The first-order valence-corrected chi connectivity index (χ1v) is 26.9. The van der Waals surface area contributed by atoms with Crippen LogP contribution in [0.5, 0.6) is 17.2 Å². The molecule has 0 aromatic heterocycles. The summed E-state index contributed by atoms with van der Waals surface area (Å²) in [6, 6.07) is 8.25. The molecule has 3 nitrogen and oxygen atoms in total. The maximum Gasteiger partial charge on any atom is 0.400 e. The Morgan fingerprint density at radius 3 is 0.931 bits per heavy atom. The van der Waals surface area contributed by atoms with Crippen LogP contribution in [0, 0.1) is 88.2 Å². The average Bonchev–Trinajstić information content (AvgIpc) is 3.38. The molecule has 402 valence electrons. The van der Waals surface area contributed by atoms with Crippen molar-refractivity contribution in [3.05, 3.63) is 89.5 Å². The quantitative estimate of drug-likeness (QED) is 0.134. The van der Waals surface area contributed by atoms with E-state index in [1.807, 2.05) is 0 Å². The molecule has 0 heterocycles. The van der Waals surface area contributed by atoms with Gasteiger partial charge in [-0.1, -0.05) is 96.3 Å². The highest BCUT2D eigenvalue weighted by Crippen LogP contribution is 2.48. The first-order valence-electron chi connectivity index (χ1n) is 26.9. The number of hydrogen-bond acceptors (Lipinski definition) is 3. The third-order valence-electron chi connectivity index (χ3n) is 17.1. The van der Waals surface area contributed by atoms with E-state index in [4.69, 9.17) is 9.47 Å². The summed E-state index contributed by atoms with van der Waals surface area (Å²) in [6.07, 6.45) is 16.3. The molecule has 0 unspecified atom stereocenters. The lowest BCUT2D eigenvalue weighted by Gasteiger charge is -2.37. The van der Waals surface area contributed by atoms with Gasteiger partial charge in [-0.05, 0) is 149 Å². The van der Waals surface area contributed by atoms with Crippen molar-refractivity contribution < 1.29 is 66.9 Å². The Morgan fingerprint density at radius 2 is 0.583 bits per heavy atom. The van der Waals surface area contributed by atoms with Crippen molar-refractivity contribution in [1.29, 1.82) is 0 Å². The van der Waals surface area contributed by atoms with Gasteiger partial charge in [0.2, 0.25) is 0 Å². The molecule has 6 aliphatic rings. The van der Waals surface area contributed by atoms with Crippen molar-refractivity contribution >= 4 is 0 Å². The molecule has 72 heavy (non-hydrogen) atoms. The van der Waals surface area contributed by atoms with Gasteiger partial charge in [-0.2, -0.15) is 26.3 Å². The lowest BCUT2D eigenvalue weighted by Crippen LogP contribution is -2.38. The van der Waals surface area contributed by atoms with Crippen molar-refractivity contribution in [2.45, 2.75) is 192 Å². The molecule has 0 saturated heterocycles. The predicted molar refractivity (Wildman–Crippen MR) is 252 cm³/mol. The lowest BCUT2D eigenvalue weighted by molar-refractivity contribution is -0.225. The highest BCUT2D eigenvalue weighted by Gasteiger charge is 2.47. The van der Waals surface area contributed by atoms with Gasteiger partial charge >= 0.3 is 18.3 Å². The molecule has 3 aromatic rings. The lowest BCUT2D eigenvalue weighted by atomic mass is 9.71. The first kappa shape index (κ1) is 56.0. The molecular formula is C57H72F12O3. The predicted octanol–water partition coefficient (Wildman–Crippen LogP) is 19.0. The van der Waals surface area contributed by atoms with E-state index in [0.717, 1.165) is 68.7 Å². The van der Waals surface area contributed by atoms with E-state index in [-0.39, 0.29) is 11.5 Å². The molecule has 6 aliphatic carbocycles. The summed E-state index contributed by atoms with van der Waals surface area (Å²) in [7, 11) is 0. The van der Waals surface area contributed by atoms with Crippen molar-refractivity contribution in [2.75, 3.05) is 0 Å². The van der Waals surface area contributed by atoms with Crippen LogP contribution in [0.3, 0.4) is 0 Å². The van der Waals surface area contributed by atoms with Crippen LogP contribution in [0.4, 0.5) is 52.7 Å². The Balaban J connectivity index is 0.000000159. The fourth-order valence-corrected chi connectivity index (χ4v) is 13.0. The first-order chi connectivity index (χ1) is 34.4. The molecule has 0 aliphatic heterocycles. The number of ether oxygens (including phenoxy) is 3.